The molecule has 0 heterocycles. The molecular formula is C56H91NO7. The number of allylic oxidation sites excluding steroid dienone is 18. The molecule has 362 valence electrons. The van der Waals surface area contributed by atoms with Crippen molar-refractivity contribution in [1.82, 2.24) is 0 Å². The first-order chi connectivity index (χ1) is 31.1. The smallest absolute Gasteiger partial charge is 0.306 e. The van der Waals surface area contributed by atoms with Crippen LogP contribution in [-0.2, 0) is 28.6 Å². The Balaban J connectivity index is 4.34. The summed E-state index contributed by atoms with van der Waals surface area (Å²) in [4.78, 5) is 37.0. The fraction of sp³-hybridized carbons (Fsp3) is 0.625. The van der Waals surface area contributed by atoms with Crippen molar-refractivity contribution in [2.24, 2.45) is 0 Å². The van der Waals surface area contributed by atoms with E-state index in [1.165, 1.54) is 44.9 Å². The van der Waals surface area contributed by atoms with Gasteiger partial charge in [-0.1, -0.05) is 194 Å². The summed E-state index contributed by atoms with van der Waals surface area (Å²) in [6, 6.07) is -0.738. The maximum absolute atomic E-state index is 12.8. The van der Waals surface area contributed by atoms with Crippen molar-refractivity contribution in [3.05, 3.63) is 109 Å². The molecule has 0 aliphatic rings. The molecule has 0 amide bonds. The van der Waals surface area contributed by atoms with Gasteiger partial charge in [0.15, 0.2) is 6.10 Å². The number of hydrogen-bond acceptors (Lipinski definition) is 7. The third-order valence-electron chi connectivity index (χ3n) is 10.5. The second-order valence-corrected chi connectivity index (χ2v) is 17.4. The number of likely N-dealkylation sites (N-methyl/N-ethyl adjacent to an activating group) is 1. The summed E-state index contributed by atoms with van der Waals surface area (Å²) in [5, 5.41) is 11.7. The molecule has 0 saturated carbocycles. The Bertz CT molecular complexity index is 1410. The number of unbranched alkanes of at least 4 members (excludes halogenated alkanes) is 15. The highest BCUT2D eigenvalue weighted by Gasteiger charge is 2.25. The van der Waals surface area contributed by atoms with Crippen molar-refractivity contribution in [2.75, 3.05) is 41.0 Å². The number of quaternary nitrogens is 1. The number of aliphatic carboxylic acids is 1. The Morgan fingerprint density at radius 2 is 0.938 bits per heavy atom. The lowest BCUT2D eigenvalue weighted by molar-refractivity contribution is -0.889. The van der Waals surface area contributed by atoms with E-state index in [0.29, 0.717) is 12.8 Å². The van der Waals surface area contributed by atoms with Crippen LogP contribution in [0.3, 0.4) is 0 Å². The SMILES string of the molecule is CC/C=C/C/C=C/C/C=C/C/C=C/CCCCCCCCCCCC(=O)OC(COCCC(C(=O)[O-])[N+](C)(C)C)COC(=O)CCCCCCC/C=C/C=C/C=C/C=C/C=C/CCC. The molecule has 0 aromatic rings. The molecule has 8 nitrogen and oxygen atoms in total. The first-order valence-corrected chi connectivity index (χ1v) is 25.0. The minimum atomic E-state index is -1.13. The highest BCUT2D eigenvalue weighted by Crippen LogP contribution is 2.14. The van der Waals surface area contributed by atoms with Gasteiger partial charge in [0.05, 0.1) is 40.3 Å². The van der Waals surface area contributed by atoms with Gasteiger partial charge in [0, 0.05) is 19.3 Å². The van der Waals surface area contributed by atoms with Gasteiger partial charge in [0.2, 0.25) is 0 Å². The van der Waals surface area contributed by atoms with E-state index in [1.54, 1.807) is 21.1 Å². The quantitative estimate of drug-likeness (QED) is 0.0197. The summed E-state index contributed by atoms with van der Waals surface area (Å²) < 4.78 is 17.2. The van der Waals surface area contributed by atoms with E-state index in [0.717, 1.165) is 96.3 Å². The summed E-state index contributed by atoms with van der Waals surface area (Å²) in [6.45, 7) is 4.42. The van der Waals surface area contributed by atoms with Gasteiger partial charge in [0.1, 0.15) is 12.6 Å². The van der Waals surface area contributed by atoms with E-state index in [1.807, 2.05) is 36.5 Å². The molecule has 8 heteroatoms. The molecule has 0 aromatic carbocycles. The van der Waals surface area contributed by atoms with Crippen LogP contribution >= 0.6 is 0 Å². The van der Waals surface area contributed by atoms with Crippen molar-refractivity contribution in [2.45, 2.75) is 187 Å². The molecule has 0 rings (SSSR count). The first-order valence-electron chi connectivity index (χ1n) is 25.0. The van der Waals surface area contributed by atoms with Gasteiger partial charge in [0.25, 0.3) is 0 Å². The van der Waals surface area contributed by atoms with Gasteiger partial charge >= 0.3 is 11.9 Å². The molecule has 0 radical (unpaired) electrons. The van der Waals surface area contributed by atoms with Gasteiger partial charge in [-0.2, -0.15) is 0 Å². The zero-order valence-electron chi connectivity index (χ0n) is 41.2. The van der Waals surface area contributed by atoms with Crippen molar-refractivity contribution in [1.29, 1.82) is 0 Å². The topological polar surface area (TPSA) is 102 Å². The number of carbonyl (C=O) groups is 3. The molecule has 0 N–H and O–H groups in total. The number of carboxylic acids is 1. The number of hydrogen-bond donors (Lipinski definition) is 0. The Kier molecular flexibility index (Phi) is 42.7. The Labute approximate surface area is 391 Å². The molecule has 0 aliphatic carbocycles. The lowest BCUT2D eigenvalue weighted by Crippen LogP contribution is -2.55. The van der Waals surface area contributed by atoms with Crippen molar-refractivity contribution in [3.63, 3.8) is 0 Å². The summed E-state index contributed by atoms with van der Waals surface area (Å²) in [7, 11) is 5.39. The fourth-order valence-corrected chi connectivity index (χ4v) is 6.68. The molecule has 0 aromatic heterocycles. The average molecular weight is 890 g/mol. The van der Waals surface area contributed by atoms with Gasteiger partial charge in [-0.25, -0.2) is 0 Å². The van der Waals surface area contributed by atoms with Crippen LogP contribution in [0.1, 0.15) is 174 Å². The third-order valence-corrected chi connectivity index (χ3v) is 10.5. The van der Waals surface area contributed by atoms with Crippen LogP contribution in [0.2, 0.25) is 0 Å². The van der Waals surface area contributed by atoms with Crippen LogP contribution in [0.15, 0.2) is 109 Å². The lowest BCUT2D eigenvalue weighted by Gasteiger charge is -2.34. The van der Waals surface area contributed by atoms with Gasteiger partial charge < -0.3 is 28.6 Å². The lowest BCUT2D eigenvalue weighted by atomic mass is 10.1. The summed E-state index contributed by atoms with van der Waals surface area (Å²) >= 11 is 0. The molecule has 0 fully saturated rings. The van der Waals surface area contributed by atoms with Crippen LogP contribution in [0.4, 0.5) is 0 Å². The number of ether oxygens (including phenoxy) is 3. The maximum atomic E-state index is 12.8. The molecule has 0 spiro atoms. The van der Waals surface area contributed by atoms with E-state index in [2.05, 4.69) is 86.8 Å². The van der Waals surface area contributed by atoms with Crippen LogP contribution < -0.4 is 5.11 Å². The Morgan fingerprint density at radius 1 is 0.500 bits per heavy atom. The van der Waals surface area contributed by atoms with Crippen LogP contribution in [0.5, 0.6) is 0 Å². The molecule has 0 saturated heterocycles. The standard InChI is InChI=1S/C56H91NO7/c1-6-8-10-12-14-16-18-20-22-24-26-27-28-29-31-33-35-37-39-41-43-45-47-55(59)64-52(50-62-49-48-53(56(60)61)57(3,4)5)51-63-54(58)46-44-42-40-38-36-34-32-30-25-23-21-19-17-15-13-11-9-7-2/h8,10-11,13-17,19-23,25-27,30,32,52-53H,6-7,9,12,18,24,28-29,31,33-51H2,1-5H3/b10-8+,13-11+,16-14+,17-15+,21-19+,22-20+,25-23+,27-26+,32-30+. The average Bonchev–Trinajstić information content (AvgIpc) is 3.26. The third kappa shape index (κ3) is 43.3. The minimum absolute atomic E-state index is 0.0225. The predicted octanol–water partition coefficient (Wildman–Crippen LogP) is 13.1. The van der Waals surface area contributed by atoms with Crippen LogP contribution in [0, 0.1) is 0 Å². The van der Waals surface area contributed by atoms with Crippen molar-refractivity contribution >= 4 is 17.9 Å². The van der Waals surface area contributed by atoms with Gasteiger partial charge in [-0.05, 0) is 70.6 Å². The highest BCUT2D eigenvalue weighted by atomic mass is 16.6. The second-order valence-electron chi connectivity index (χ2n) is 17.4. The molecule has 64 heavy (non-hydrogen) atoms. The summed E-state index contributed by atoms with van der Waals surface area (Å²) in [6.07, 6.45) is 62.5. The highest BCUT2D eigenvalue weighted by molar-refractivity contribution is 5.70. The summed E-state index contributed by atoms with van der Waals surface area (Å²) in [5.74, 6) is -1.79. The number of carboxylic acid groups (broad SMARTS) is 1. The van der Waals surface area contributed by atoms with Gasteiger partial charge in [-0.3, -0.25) is 9.59 Å². The van der Waals surface area contributed by atoms with Crippen molar-refractivity contribution < 1.29 is 38.2 Å². The molecule has 0 aliphatic heterocycles. The number of nitrogens with zero attached hydrogens (tertiary/aromatic N) is 1. The monoisotopic (exact) mass is 890 g/mol. The normalized spacial score (nSPS) is 13.8. The molecule has 2 atom stereocenters. The van der Waals surface area contributed by atoms with E-state index in [-0.39, 0.29) is 42.7 Å². The number of rotatable bonds is 43. The Morgan fingerprint density at radius 3 is 1.44 bits per heavy atom. The maximum Gasteiger partial charge on any atom is 0.306 e. The zero-order valence-corrected chi connectivity index (χ0v) is 41.2. The Hall–Kier alpha value is -4.01. The minimum Gasteiger partial charge on any atom is -0.544 e. The van der Waals surface area contributed by atoms with E-state index in [4.69, 9.17) is 14.2 Å². The van der Waals surface area contributed by atoms with E-state index < -0.39 is 18.1 Å². The second kappa shape index (κ2) is 45.6. The van der Waals surface area contributed by atoms with E-state index >= 15 is 0 Å². The van der Waals surface area contributed by atoms with Crippen molar-refractivity contribution in [3.8, 4) is 0 Å². The van der Waals surface area contributed by atoms with E-state index in [9.17, 15) is 19.5 Å². The summed E-state index contributed by atoms with van der Waals surface area (Å²) in [5.41, 5.74) is 0. The molecule has 0 bridgehead atoms. The van der Waals surface area contributed by atoms with Crippen LogP contribution in [0.25, 0.3) is 0 Å². The largest absolute Gasteiger partial charge is 0.544 e. The predicted molar refractivity (Wildman–Crippen MR) is 268 cm³/mol. The zero-order chi connectivity index (χ0) is 47.0. The van der Waals surface area contributed by atoms with Gasteiger partial charge in [-0.15, -0.1) is 0 Å². The number of esters is 2. The molecule has 2 unspecified atom stereocenters. The fourth-order valence-electron chi connectivity index (χ4n) is 6.68. The van der Waals surface area contributed by atoms with Crippen LogP contribution in [-0.4, -0.2) is 75.5 Å². The number of carbonyl (C=O) groups excluding carboxylic acids is 3. The molecular weight excluding hydrogens is 799 g/mol. The first kappa shape index (κ1) is 60.0.